The summed E-state index contributed by atoms with van der Waals surface area (Å²) >= 11 is 1.43. The number of rotatable bonds is 7. The number of carbonyl (C=O) groups is 1. The van der Waals surface area contributed by atoms with Gasteiger partial charge in [-0.2, -0.15) is 0 Å². The smallest absolute Gasteiger partial charge is 0.229 e. The van der Waals surface area contributed by atoms with Crippen molar-refractivity contribution in [2.45, 2.75) is 19.8 Å². The lowest BCUT2D eigenvalue weighted by atomic mass is 10.1. The summed E-state index contributed by atoms with van der Waals surface area (Å²) in [4.78, 5) is 16.5. The van der Waals surface area contributed by atoms with E-state index in [2.05, 4.69) is 41.5 Å². The van der Waals surface area contributed by atoms with Gasteiger partial charge in [-0.05, 0) is 24.1 Å². The lowest BCUT2D eigenvalue weighted by Gasteiger charge is -2.05. The van der Waals surface area contributed by atoms with Crippen LogP contribution in [-0.4, -0.2) is 17.5 Å². The molecule has 0 aliphatic carbocycles. The van der Waals surface area contributed by atoms with Crippen molar-refractivity contribution < 1.29 is 9.53 Å². The Hall–Kier alpha value is -2.66. The molecule has 1 amide bonds. The third-order valence-corrected chi connectivity index (χ3v) is 4.51. The molecular formula is C20H20N2O2S. The molecule has 3 rings (SSSR count). The third-order valence-electron chi connectivity index (χ3n) is 3.75. The quantitative estimate of drug-likeness (QED) is 0.666. The minimum Gasteiger partial charge on any atom is -0.493 e. The van der Waals surface area contributed by atoms with Crippen molar-refractivity contribution in [3.8, 4) is 17.0 Å². The highest BCUT2D eigenvalue weighted by Crippen LogP contribution is 2.25. The maximum Gasteiger partial charge on any atom is 0.229 e. The van der Waals surface area contributed by atoms with E-state index in [9.17, 15) is 4.79 Å². The summed E-state index contributed by atoms with van der Waals surface area (Å²) in [5.41, 5.74) is 3.23. The van der Waals surface area contributed by atoms with Gasteiger partial charge in [0.2, 0.25) is 5.91 Å². The topological polar surface area (TPSA) is 51.2 Å². The van der Waals surface area contributed by atoms with E-state index in [1.165, 1.54) is 16.9 Å². The fourth-order valence-corrected chi connectivity index (χ4v) is 3.07. The summed E-state index contributed by atoms with van der Waals surface area (Å²) in [6, 6.07) is 17.8. The van der Waals surface area contributed by atoms with Crippen LogP contribution in [-0.2, 0) is 11.2 Å². The molecule has 5 heteroatoms. The molecule has 0 spiro atoms. The number of carbonyl (C=O) groups excluding carboxylic acids is 1. The zero-order chi connectivity index (χ0) is 17.5. The SMILES string of the molecule is CCc1ccc(-c2csc(NC(=O)CCOc3ccccc3)n2)cc1. The number of aromatic nitrogens is 1. The Morgan fingerprint density at radius 1 is 1.12 bits per heavy atom. The number of amides is 1. The van der Waals surface area contributed by atoms with E-state index in [0.29, 0.717) is 11.7 Å². The Balaban J connectivity index is 1.51. The maximum absolute atomic E-state index is 12.0. The highest BCUT2D eigenvalue weighted by molar-refractivity contribution is 7.14. The molecule has 0 radical (unpaired) electrons. The van der Waals surface area contributed by atoms with Gasteiger partial charge in [-0.15, -0.1) is 11.3 Å². The second-order valence-electron chi connectivity index (χ2n) is 5.55. The van der Waals surface area contributed by atoms with Crippen LogP contribution in [0.1, 0.15) is 18.9 Å². The summed E-state index contributed by atoms with van der Waals surface area (Å²) in [7, 11) is 0. The third kappa shape index (κ3) is 4.90. The predicted molar refractivity (Wildman–Crippen MR) is 102 cm³/mol. The molecular weight excluding hydrogens is 332 g/mol. The molecule has 0 aliphatic heterocycles. The zero-order valence-corrected chi connectivity index (χ0v) is 14.9. The largest absolute Gasteiger partial charge is 0.493 e. The van der Waals surface area contributed by atoms with Crippen molar-refractivity contribution in [3.63, 3.8) is 0 Å². The van der Waals surface area contributed by atoms with E-state index in [0.717, 1.165) is 23.4 Å². The van der Waals surface area contributed by atoms with Gasteiger partial charge in [0.15, 0.2) is 5.13 Å². The minimum absolute atomic E-state index is 0.0989. The van der Waals surface area contributed by atoms with Crippen LogP contribution in [0.15, 0.2) is 60.0 Å². The summed E-state index contributed by atoms with van der Waals surface area (Å²) in [5, 5.41) is 5.40. The number of thiazole rings is 1. The van der Waals surface area contributed by atoms with E-state index in [4.69, 9.17) is 4.74 Å². The first-order valence-corrected chi connectivity index (χ1v) is 9.15. The maximum atomic E-state index is 12.0. The van der Waals surface area contributed by atoms with Gasteiger partial charge in [0.25, 0.3) is 0 Å². The highest BCUT2D eigenvalue weighted by Gasteiger charge is 2.08. The minimum atomic E-state index is -0.0989. The van der Waals surface area contributed by atoms with Crippen molar-refractivity contribution in [3.05, 3.63) is 65.5 Å². The lowest BCUT2D eigenvalue weighted by molar-refractivity contribution is -0.116. The Bertz CT molecular complexity index is 813. The summed E-state index contributed by atoms with van der Waals surface area (Å²) in [6.45, 7) is 2.47. The average Bonchev–Trinajstić information content (AvgIpc) is 3.11. The molecule has 1 aromatic heterocycles. The van der Waals surface area contributed by atoms with Crippen LogP contribution < -0.4 is 10.1 Å². The van der Waals surface area contributed by atoms with Crippen molar-refractivity contribution >= 4 is 22.4 Å². The first kappa shape index (κ1) is 17.2. The second-order valence-corrected chi connectivity index (χ2v) is 6.41. The lowest BCUT2D eigenvalue weighted by Crippen LogP contribution is -2.15. The van der Waals surface area contributed by atoms with Crippen LogP contribution in [0.4, 0.5) is 5.13 Å². The number of nitrogens with zero attached hydrogens (tertiary/aromatic N) is 1. The van der Waals surface area contributed by atoms with Crippen LogP contribution in [0, 0.1) is 0 Å². The molecule has 1 N–H and O–H groups in total. The van der Waals surface area contributed by atoms with E-state index in [-0.39, 0.29) is 12.3 Å². The van der Waals surface area contributed by atoms with Gasteiger partial charge in [-0.25, -0.2) is 4.98 Å². The van der Waals surface area contributed by atoms with Crippen LogP contribution in [0.25, 0.3) is 11.3 Å². The first-order valence-electron chi connectivity index (χ1n) is 8.27. The monoisotopic (exact) mass is 352 g/mol. The fourth-order valence-electron chi connectivity index (χ4n) is 2.34. The molecule has 128 valence electrons. The van der Waals surface area contributed by atoms with Crippen molar-refractivity contribution in [1.82, 2.24) is 4.98 Å². The highest BCUT2D eigenvalue weighted by atomic mass is 32.1. The van der Waals surface area contributed by atoms with Gasteiger partial charge in [-0.1, -0.05) is 49.4 Å². The van der Waals surface area contributed by atoms with Gasteiger partial charge < -0.3 is 10.1 Å². The van der Waals surface area contributed by atoms with Crippen LogP contribution >= 0.6 is 11.3 Å². The number of para-hydroxylation sites is 1. The number of ether oxygens (including phenoxy) is 1. The van der Waals surface area contributed by atoms with E-state index < -0.39 is 0 Å². The Kier molecular flexibility index (Phi) is 5.80. The Morgan fingerprint density at radius 3 is 2.60 bits per heavy atom. The fraction of sp³-hybridized carbons (Fsp3) is 0.200. The van der Waals surface area contributed by atoms with E-state index in [1.807, 2.05) is 35.7 Å². The normalized spacial score (nSPS) is 10.4. The molecule has 3 aromatic rings. The Morgan fingerprint density at radius 2 is 1.88 bits per heavy atom. The number of hydrogen-bond donors (Lipinski definition) is 1. The zero-order valence-electron chi connectivity index (χ0n) is 14.1. The molecule has 0 saturated carbocycles. The molecule has 0 bridgehead atoms. The standard InChI is InChI=1S/C20H20N2O2S/c1-2-15-8-10-16(11-9-15)18-14-25-20(21-18)22-19(23)12-13-24-17-6-4-3-5-7-17/h3-11,14H,2,12-13H2,1H3,(H,21,22,23). The molecule has 0 aliphatic rings. The first-order chi connectivity index (χ1) is 12.2. The molecule has 0 fully saturated rings. The molecule has 0 saturated heterocycles. The molecule has 0 atom stereocenters. The number of anilines is 1. The Labute approximate surface area is 151 Å². The average molecular weight is 352 g/mol. The summed E-state index contributed by atoms with van der Waals surface area (Å²) < 4.78 is 5.53. The number of aryl methyl sites for hydroxylation is 1. The molecule has 2 aromatic carbocycles. The predicted octanol–water partition coefficient (Wildman–Crippen LogP) is 4.78. The van der Waals surface area contributed by atoms with Crippen LogP contribution in [0.2, 0.25) is 0 Å². The summed E-state index contributed by atoms with van der Waals surface area (Å²) in [5.74, 6) is 0.667. The van der Waals surface area contributed by atoms with E-state index >= 15 is 0 Å². The van der Waals surface area contributed by atoms with Gasteiger partial charge in [0.05, 0.1) is 18.7 Å². The molecule has 1 heterocycles. The number of nitrogens with one attached hydrogen (secondary N) is 1. The number of benzene rings is 2. The summed E-state index contributed by atoms with van der Waals surface area (Å²) in [6.07, 6.45) is 1.30. The van der Waals surface area contributed by atoms with Gasteiger partial charge >= 0.3 is 0 Å². The van der Waals surface area contributed by atoms with Gasteiger partial charge in [0, 0.05) is 10.9 Å². The second kappa shape index (κ2) is 8.44. The van der Waals surface area contributed by atoms with Crippen LogP contribution in [0.3, 0.4) is 0 Å². The van der Waals surface area contributed by atoms with Crippen molar-refractivity contribution in [2.75, 3.05) is 11.9 Å². The number of hydrogen-bond acceptors (Lipinski definition) is 4. The molecule has 0 unspecified atom stereocenters. The van der Waals surface area contributed by atoms with Gasteiger partial charge in [0.1, 0.15) is 5.75 Å². The molecule has 4 nitrogen and oxygen atoms in total. The van der Waals surface area contributed by atoms with Crippen molar-refractivity contribution in [1.29, 1.82) is 0 Å². The van der Waals surface area contributed by atoms with Gasteiger partial charge in [-0.3, -0.25) is 4.79 Å². The van der Waals surface area contributed by atoms with Crippen LogP contribution in [0.5, 0.6) is 5.75 Å². The van der Waals surface area contributed by atoms with E-state index in [1.54, 1.807) is 0 Å². The van der Waals surface area contributed by atoms with Crippen molar-refractivity contribution in [2.24, 2.45) is 0 Å². The molecule has 25 heavy (non-hydrogen) atoms.